The molecule has 186 valence electrons. The minimum absolute atomic E-state index is 0.0476. The summed E-state index contributed by atoms with van der Waals surface area (Å²) in [5.41, 5.74) is 5.70. The first-order valence-corrected chi connectivity index (χ1v) is 12.8. The van der Waals surface area contributed by atoms with E-state index in [9.17, 15) is 9.59 Å². The van der Waals surface area contributed by atoms with Crippen molar-refractivity contribution in [1.82, 2.24) is 9.88 Å². The maximum atomic E-state index is 13.6. The molecule has 0 atom stereocenters. The van der Waals surface area contributed by atoms with Gasteiger partial charge in [-0.2, -0.15) is 0 Å². The Morgan fingerprint density at radius 3 is 2.34 bits per heavy atom. The molecule has 4 aromatic carbocycles. The van der Waals surface area contributed by atoms with Crippen LogP contribution in [0.25, 0.3) is 27.8 Å². The van der Waals surface area contributed by atoms with E-state index in [4.69, 9.17) is 12.2 Å². The van der Waals surface area contributed by atoms with E-state index >= 15 is 0 Å². The largest absolute Gasteiger partial charge is 0.342 e. The molecule has 1 N–H and O–H groups in total. The number of amides is 2. The Hall–Kier alpha value is -4.55. The Morgan fingerprint density at radius 2 is 1.55 bits per heavy atom. The number of carbonyl (C=O) groups is 2. The third-order valence-corrected chi connectivity index (χ3v) is 7.14. The van der Waals surface area contributed by atoms with Crippen LogP contribution in [0.15, 0.2) is 96.7 Å². The second kappa shape index (κ2) is 9.39. The second-order valence-corrected chi connectivity index (χ2v) is 10.1. The van der Waals surface area contributed by atoms with Gasteiger partial charge in [0.25, 0.3) is 11.8 Å². The maximum Gasteiger partial charge on any atom is 0.270 e. The summed E-state index contributed by atoms with van der Waals surface area (Å²) in [6, 6.07) is 28.6. The van der Waals surface area contributed by atoms with Crippen LogP contribution in [0.4, 0.5) is 5.69 Å². The van der Waals surface area contributed by atoms with Gasteiger partial charge in [0.05, 0.1) is 5.69 Å². The number of nitrogens with zero attached hydrogens (tertiary/aromatic N) is 2. The fourth-order valence-corrected chi connectivity index (χ4v) is 5.46. The Morgan fingerprint density at radius 1 is 0.842 bits per heavy atom. The van der Waals surface area contributed by atoms with E-state index in [1.165, 1.54) is 21.2 Å². The summed E-state index contributed by atoms with van der Waals surface area (Å²) in [6.45, 7) is 4.59. The topological polar surface area (TPSA) is 54.3 Å². The number of aromatic nitrogens is 1. The predicted octanol–water partition coefficient (Wildman–Crippen LogP) is 6.29. The highest BCUT2D eigenvalue weighted by Gasteiger charge is 2.34. The first-order chi connectivity index (χ1) is 18.4. The van der Waals surface area contributed by atoms with Crippen LogP contribution in [0.1, 0.15) is 22.3 Å². The molecule has 6 heteroatoms. The molecule has 5 aromatic rings. The van der Waals surface area contributed by atoms with E-state index in [-0.39, 0.29) is 10.7 Å². The average molecular weight is 516 g/mol. The summed E-state index contributed by atoms with van der Waals surface area (Å²) in [7, 11) is 0. The average Bonchev–Trinajstić information content (AvgIpc) is 3.23. The van der Waals surface area contributed by atoms with Crippen molar-refractivity contribution >= 4 is 62.6 Å². The van der Waals surface area contributed by atoms with E-state index in [0.717, 1.165) is 27.6 Å². The van der Waals surface area contributed by atoms with Gasteiger partial charge in [-0.15, -0.1) is 0 Å². The van der Waals surface area contributed by atoms with Gasteiger partial charge < -0.3 is 4.57 Å². The Kier molecular flexibility index (Phi) is 5.89. The molecule has 38 heavy (non-hydrogen) atoms. The zero-order chi connectivity index (χ0) is 26.4. The number of hydrogen-bond donors (Lipinski definition) is 1. The number of hydrogen-bond acceptors (Lipinski definition) is 3. The molecule has 2 heterocycles. The van der Waals surface area contributed by atoms with Crippen molar-refractivity contribution < 1.29 is 9.59 Å². The van der Waals surface area contributed by atoms with Gasteiger partial charge in [0.2, 0.25) is 0 Å². The SMILES string of the molecule is Cc1cc(C)cc(N2C(=O)/C(=C/c3cn(Cc4ccc5ccccc5c4)c4ccccc34)C(=O)NC2=S)c1. The molecule has 1 fully saturated rings. The first-order valence-electron chi connectivity index (χ1n) is 12.4. The molecule has 0 radical (unpaired) electrons. The fraction of sp³-hybridized carbons (Fsp3) is 0.0938. The van der Waals surface area contributed by atoms with Crippen LogP contribution in [-0.4, -0.2) is 21.5 Å². The number of thiocarbonyl (C=S) groups is 1. The molecule has 1 aliphatic heterocycles. The number of benzene rings is 4. The lowest BCUT2D eigenvalue weighted by atomic mass is 10.1. The number of para-hydroxylation sites is 1. The van der Waals surface area contributed by atoms with Gasteiger partial charge in [-0.05, 0) is 83.9 Å². The Labute approximate surface area is 226 Å². The summed E-state index contributed by atoms with van der Waals surface area (Å²) in [6.07, 6.45) is 3.68. The molecule has 1 aliphatic rings. The van der Waals surface area contributed by atoms with Crippen LogP contribution >= 0.6 is 12.2 Å². The minimum Gasteiger partial charge on any atom is -0.342 e. The molecule has 0 saturated carbocycles. The molecule has 5 nitrogen and oxygen atoms in total. The second-order valence-electron chi connectivity index (χ2n) is 9.71. The molecule has 0 aliphatic carbocycles. The lowest BCUT2D eigenvalue weighted by Gasteiger charge is -2.29. The van der Waals surface area contributed by atoms with Crippen molar-refractivity contribution in [3.8, 4) is 0 Å². The summed E-state index contributed by atoms with van der Waals surface area (Å²) in [5.74, 6) is -0.929. The van der Waals surface area contributed by atoms with Gasteiger partial charge in [0.1, 0.15) is 5.57 Å². The van der Waals surface area contributed by atoms with Gasteiger partial charge in [-0.1, -0.05) is 60.7 Å². The summed E-state index contributed by atoms with van der Waals surface area (Å²) in [5, 5.41) is 6.14. The van der Waals surface area contributed by atoms with Crippen molar-refractivity contribution in [3.63, 3.8) is 0 Å². The molecular weight excluding hydrogens is 490 g/mol. The van der Waals surface area contributed by atoms with E-state index in [2.05, 4.69) is 46.3 Å². The fourth-order valence-electron chi connectivity index (χ4n) is 5.18. The number of rotatable bonds is 4. The molecule has 2 amide bonds. The third kappa shape index (κ3) is 4.29. The number of anilines is 1. The highest BCUT2D eigenvalue weighted by atomic mass is 32.1. The van der Waals surface area contributed by atoms with Gasteiger partial charge in [0, 0.05) is 29.2 Å². The lowest BCUT2D eigenvalue weighted by Crippen LogP contribution is -2.54. The van der Waals surface area contributed by atoms with Gasteiger partial charge in [-0.25, -0.2) is 0 Å². The van der Waals surface area contributed by atoms with Crippen molar-refractivity contribution in [2.45, 2.75) is 20.4 Å². The van der Waals surface area contributed by atoms with Crippen molar-refractivity contribution in [2.75, 3.05) is 4.90 Å². The van der Waals surface area contributed by atoms with E-state index in [0.29, 0.717) is 12.2 Å². The smallest absolute Gasteiger partial charge is 0.270 e. The highest BCUT2D eigenvalue weighted by Crippen LogP contribution is 2.28. The monoisotopic (exact) mass is 515 g/mol. The van der Waals surface area contributed by atoms with Crippen LogP contribution in [0.3, 0.4) is 0 Å². The van der Waals surface area contributed by atoms with Gasteiger partial charge >= 0.3 is 0 Å². The van der Waals surface area contributed by atoms with Crippen LogP contribution in [0.5, 0.6) is 0 Å². The summed E-state index contributed by atoms with van der Waals surface area (Å²) in [4.78, 5) is 28.0. The minimum atomic E-state index is -0.494. The van der Waals surface area contributed by atoms with Crippen molar-refractivity contribution in [3.05, 3.63) is 119 Å². The number of fused-ring (bicyclic) bond motifs is 2. The quantitative estimate of drug-likeness (QED) is 0.174. The molecule has 1 aromatic heterocycles. The van der Waals surface area contributed by atoms with Crippen LogP contribution in [0, 0.1) is 13.8 Å². The number of nitrogens with one attached hydrogen (secondary N) is 1. The van der Waals surface area contributed by atoms with Gasteiger partial charge in [0.15, 0.2) is 5.11 Å². The molecule has 1 saturated heterocycles. The van der Waals surface area contributed by atoms with Gasteiger partial charge in [-0.3, -0.25) is 19.8 Å². The molecule has 0 unspecified atom stereocenters. The zero-order valence-electron chi connectivity index (χ0n) is 21.1. The molecule has 6 rings (SSSR count). The summed E-state index contributed by atoms with van der Waals surface area (Å²) < 4.78 is 2.16. The first kappa shape index (κ1) is 23.8. The standard InChI is InChI=1S/C32H25N3O2S/c1-20-13-21(2)15-26(14-20)35-31(37)28(30(36)33-32(35)38)17-25-19-34(29-10-6-5-9-27(25)29)18-22-11-12-23-7-3-4-8-24(23)16-22/h3-17,19H,18H2,1-2H3,(H,33,36,38)/b28-17+. The maximum absolute atomic E-state index is 13.6. The molecular formula is C32H25N3O2S. The summed E-state index contributed by atoms with van der Waals surface area (Å²) >= 11 is 5.40. The van der Waals surface area contributed by atoms with E-state index in [1.807, 2.05) is 68.6 Å². The zero-order valence-corrected chi connectivity index (χ0v) is 21.9. The number of aryl methyl sites for hydroxylation is 2. The normalized spacial score (nSPS) is 15.1. The highest BCUT2D eigenvalue weighted by molar-refractivity contribution is 7.80. The van der Waals surface area contributed by atoms with Crippen LogP contribution in [0.2, 0.25) is 0 Å². The lowest BCUT2D eigenvalue weighted by molar-refractivity contribution is -0.122. The Balaban J connectivity index is 1.41. The predicted molar refractivity (Wildman–Crippen MR) is 157 cm³/mol. The molecule has 0 spiro atoms. The third-order valence-electron chi connectivity index (χ3n) is 6.85. The Bertz CT molecular complexity index is 1790. The number of carbonyl (C=O) groups excluding carboxylic acids is 2. The van der Waals surface area contributed by atoms with E-state index < -0.39 is 11.8 Å². The molecule has 0 bridgehead atoms. The van der Waals surface area contributed by atoms with Crippen LogP contribution < -0.4 is 10.2 Å². The van der Waals surface area contributed by atoms with Crippen molar-refractivity contribution in [2.24, 2.45) is 0 Å². The van der Waals surface area contributed by atoms with Crippen LogP contribution in [-0.2, 0) is 16.1 Å². The van der Waals surface area contributed by atoms with E-state index in [1.54, 1.807) is 6.08 Å². The van der Waals surface area contributed by atoms with Crippen molar-refractivity contribution in [1.29, 1.82) is 0 Å².